The molecule has 30 heavy (non-hydrogen) atoms. The van der Waals surface area contributed by atoms with Crippen LogP contribution in [0, 0.1) is 6.92 Å². The van der Waals surface area contributed by atoms with Gasteiger partial charge in [-0.1, -0.05) is 37.3 Å². The van der Waals surface area contributed by atoms with Crippen molar-refractivity contribution in [3.8, 4) is 17.3 Å². The Morgan fingerprint density at radius 3 is 2.43 bits per heavy atom. The first kappa shape index (κ1) is 20.6. The number of nitrogens with one attached hydrogen (secondary N) is 2. The second kappa shape index (κ2) is 8.48. The van der Waals surface area contributed by atoms with Gasteiger partial charge in [0, 0.05) is 0 Å². The minimum atomic E-state index is -0.834. The van der Waals surface area contributed by atoms with Gasteiger partial charge in [-0.3, -0.25) is 14.6 Å². The molecule has 0 aliphatic carbocycles. The SMILES string of the molecule is CC/C(=N/NC(=O)c1ccccc1O)c1c(O)n(-c2ccccc2C)c(=O)[nH]c1=O. The van der Waals surface area contributed by atoms with Crippen molar-refractivity contribution in [3.63, 3.8) is 0 Å². The monoisotopic (exact) mass is 408 g/mol. The number of phenolic OH excluding ortho intramolecular Hbond substituents is 1. The standard InChI is InChI=1S/C21H20N4O5/c1-3-14(23-24-18(27)13-9-5-7-11-16(13)26)17-19(28)22-21(30)25(20(17)29)15-10-6-4-8-12(15)2/h4-11,26,29H,3H2,1-2H3,(H,24,27)(H,22,28,30)/b23-14-. The topological polar surface area (TPSA) is 137 Å². The molecule has 1 heterocycles. The fraction of sp³-hybridized carbons (Fsp3) is 0.143. The van der Waals surface area contributed by atoms with E-state index in [1.807, 2.05) is 0 Å². The number of rotatable bonds is 5. The largest absolute Gasteiger partial charge is 0.507 e. The van der Waals surface area contributed by atoms with E-state index in [4.69, 9.17) is 0 Å². The Balaban J connectivity index is 2.08. The van der Waals surface area contributed by atoms with Crippen LogP contribution in [0.3, 0.4) is 0 Å². The number of hydrogen-bond acceptors (Lipinski definition) is 6. The zero-order chi connectivity index (χ0) is 21.8. The Morgan fingerprint density at radius 2 is 1.77 bits per heavy atom. The molecule has 0 fully saturated rings. The molecule has 1 amide bonds. The van der Waals surface area contributed by atoms with Gasteiger partial charge >= 0.3 is 5.69 Å². The Morgan fingerprint density at radius 1 is 1.10 bits per heavy atom. The third-order valence-electron chi connectivity index (χ3n) is 4.51. The van der Waals surface area contributed by atoms with E-state index in [1.54, 1.807) is 50.2 Å². The number of aryl methyl sites for hydroxylation is 1. The Labute approximate surface area is 171 Å². The number of phenols is 1. The summed E-state index contributed by atoms with van der Waals surface area (Å²) in [5, 5.41) is 24.5. The molecule has 3 rings (SSSR count). The molecule has 0 spiro atoms. The lowest BCUT2D eigenvalue weighted by Gasteiger charge is -2.14. The predicted octanol–water partition coefficient (Wildman–Crippen LogP) is 1.79. The molecule has 0 saturated carbocycles. The smallest absolute Gasteiger partial charge is 0.335 e. The molecular weight excluding hydrogens is 388 g/mol. The summed E-state index contributed by atoms with van der Waals surface area (Å²) >= 11 is 0. The van der Waals surface area contributed by atoms with Crippen molar-refractivity contribution < 1.29 is 15.0 Å². The van der Waals surface area contributed by atoms with Crippen LogP contribution < -0.4 is 16.7 Å². The lowest BCUT2D eigenvalue weighted by atomic mass is 10.1. The van der Waals surface area contributed by atoms with Gasteiger partial charge in [0.1, 0.15) is 11.3 Å². The van der Waals surface area contributed by atoms with Crippen molar-refractivity contribution in [1.29, 1.82) is 0 Å². The average Bonchev–Trinajstić information content (AvgIpc) is 2.71. The molecule has 4 N–H and O–H groups in total. The number of H-pyrrole nitrogens is 1. The summed E-state index contributed by atoms with van der Waals surface area (Å²) in [6.45, 7) is 3.43. The zero-order valence-corrected chi connectivity index (χ0v) is 16.3. The summed E-state index contributed by atoms with van der Waals surface area (Å²) in [4.78, 5) is 39.3. The maximum atomic E-state index is 12.4. The first-order valence-electron chi connectivity index (χ1n) is 9.14. The van der Waals surface area contributed by atoms with Gasteiger partial charge in [-0.05, 0) is 37.1 Å². The second-order valence-electron chi connectivity index (χ2n) is 6.45. The van der Waals surface area contributed by atoms with Crippen LogP contribution in [0.2, 0.25) is 0 Å². The quantitative estimate of drug-likeness (QED) is 0.377. The van der Waals surface area contributed by atoms with Crippen molar-refractivity contribution in [3.05, 3.63) is 86.1 Å². The molecule has 0 aliphatic heterocycles. The summed E-state index contributed by atoms with van der Waals surface area (Å²) in [6, 6.07) is 12.8. The number of benzene rings is 2. The van der Waals surface area contributed by atoms with E-state index in [-0.39, 0.29) is 29.0 Å². The highest BCUT2D eigenvalue weighted by Gasteiger charge is 2.21. The second-order valence-corrected chi connectivity index (χ2v) is 6.45. The number of aromatic nitrogens is 2. The van der Waals surface area contributed by atoms with Crippen molar-refractivity contribution >= 4 is 11.6 Å². The molecule has 3 aromatic rings. The van der Waals surface area contributed by atoms with Gasteiger partial charge in [0.25, 0.3) is 11.5 Å². The Bertz CT molecular complexity index is 1260. The number of aromatic amines is 1. The fourth-order valence-electron chi connectivity index (χ4n) is 2.98. The molecule has 0 aliphatic rings. The van der Waals surface area contributed by atoms with Gasteiger partial charge in [0.2, 0.25) is 5.88 Å². The number of hydrogen-bond donors (Lipinski definition) is 4. The molecule has 0 saturated heterocycles. The Kier molecular flexibility index (Phi) is 5.82. The first-order valence-corrected chi connectivity index (χ1v) is 9.14. The summed E-state index contributed by atoms with van der Waals surface area (Å²) in [5.74, 6) is -1.50. The molecule has 9 nitrogen and oxygen atoms in total. The molecular formula is C21H20N4O5. The van der Waals surface area contributed by atoms with Gasteiger partial charge in [-0.25, -0.2) is 14.8 Å². The number of nitrogens with zero attached hydrogens (tertiary/aromatic N) is 2. The maximum Gasteiger partial charge on any atom is 0.335 e. The van der Waals surface area contributed by atoms with Gasteiger partial charge in [0.05, 0.1) is 17.0 Å². The van der Waals surface area contributed by atoms with E-state index in [2.05, 4.69) is 15.5 Å². The highest BCUT2D eigenvalue weighted by atomic mass is 16.3. The van der Waals surface area contributed by atoms with Crippen molar-refractivity contribution in [2.75, 3.05) is 0 Å². The zero-order valence-electron chi connectivity index (χ0n) is 16.3. The number of amides is 1. The van der Waals surface area contributed by atoms with Gasteiger partial charge < -0.3 is 10.2 Å². The molecule has 2 aromatic carbocycles. The number of para-hydroxylation sites is 2. The summed E-state index contributed by atoms with van der Waals surface area (Å²) in [7, 11) is 0. The van der Waals surface area contributed by atoms with Crippen LogP contribution in [0.5, 0.6) is 11.6 Å². The van der Waals surface area contributed by atoms with Crippen LogP contribution in [0.1, 0.15) is 34.8 Å². The summed E-state index contributed by atoms with van der Waals surface area (Å²) < 4.78 is 0.974. The third kappa shape index (κ3) is 3.86. The molecule has 9 heteroatoms. The van der Waals surface area contributed by atoms with E-state index in [0.29, 0.717) is 11.3 Å². The number of carbonyl (C=O) groups is 1. The normalized spacial score (nSPS) is 11.3. The van der Waals surface area contributed by atoms with E-state index in [9.17, 15) is 24.6 Å². The highest BCUT2D eigenvalue weighted by Crippen LogP contribution is 2.20. The summed E-state index contributed by atoms with van der Waals surface area (Å²) in [5.41, 5.74) is 1.55. The molecule has 0 radical (unpaired) electrons. The van der Waals surface area contributed by atoms with Crippen LogP contribution in [0.15, 0.2) is 63.2 Å². The number of aromatic hydroxyl groups is 2. The number of carbonyl (C=O) groups excluding carboxylic acids is 1. The number of hydrazone groups is 1. The molecule has 0 unspecified atom stereocenters. The van der Waals surface area contributed by atoms with Crippen LogP contribution in [0.25, 0.3) is 5.69 Å². The van der Waals surface area contributed by atoms with Crippen molar-refractivity contribution in [2.24, 2.45) is 5.10 Å². The molecule has 1 aromatic heterocycles. The lowest BCUT2D eigenvalue weighted by Crippen LogP contribution is -2.34. The lowest BCUT2D eigenvalue weighted by molar-refractivity contribution is 0.0952. The van der Waals surface area contributed by atoms with Gasteiger partial charge in [-0.2, -0.15) is 5.10 Å². The third-order valence-corrected chi connectivity index (χ3v) is 4.51. The molecule has 0 bridgehead atoms. The fourth-order valence-corrected chi connectivity index (χ4v) is 2.98. The molecule has 154 valence electrons. The summed E-state index contributed by atoms with van der Waals surface area (Å²) in [6.07, 6.45) is 0.170. The highest BCUT2D eigenvalue weighted by molar-refractivity contribution is 6.03. The minimum absolute atomic E-state index is 0.000264. The van der Waals surface area contributed by atoms with Gasteiger partial charge in [0.15, 0.2) is 0 Å². The van der Waals surface area contributed by atoms with Crippen LogP contribution in [0.4, 0.5) is 0 Å². The van der Waals surface area contributed by atoms with Crippen molar-refractivity contribution in [2.45, 2.75) is 20.3 Å². The molecule has 0 atom stereocenters. The maximum absolute atomic E-state index is 12.4. The predicted molar refractivity (Wildman–Crippen MR) is 111 cm³/mol. The van der Waals surface area contributed by atoms with E-state index < -0.39 is 23.0 Å². The van der Waals surface area contributed by atoms with E-state index in [0.717, 1.165) is 4.57 Å². The van der Waals surface area contributed by atoms with E-state index >= 15 is 0 Å². The van der Waals surface area contributed by atoms with Crippen LogP contribution in [-0.4, -0.2) is 31.4 Å². The van der Waals surface area contributed by atoms with Gasteiger partial charge in [-0.15, -0.1) is 0 Å². The van der Waals surface area contributed by atoms with Crippen LogP contribution in [-0.2, 0) is 0 Å². The first-order chi connectivity index (χ1) is 14.3. The van der Waals surface area contributed by atoms with Crippen LogP contribution >= 0.6 is 0 Å². The Hall–Kier alpha value is -4.14. The minimum Gasteiger partial charge on any atom is -0.507 e. The average molecular weight is 408 g/mol. The van der Waals surface area contributed by atoms with Crippen molar-refractivity contribution in [1.82, 2.24) is 15.0 Å². The van der Waals surface area contributed by atoms with E-state index in [1.165, 1.54) is 12.1 Å².